The number of primary amides is 1. The Morgan fingerprint density at radius 1 is 1.00 bits per heavy atom. The van der Waals surface area contributed by atoms with E-state index in [0.717, 1.165) is 5.56 Å². The van der Waals surface area contributed by atoms with Gasteiger partial charge in [-0.15, -0.1) is 0 Å². The fourth-order valence-electron chi connectivity index (χ4n) is 4.06. The first-order chi connectivity index (χ1) is 16.2. The molecule has 3 aromatic carbocycles. The van der Waals surface area contributed by atoms with E-state index in [1.165, 1.54) is 13.2 Å². The normalized spacial score (nSPS) is 13.9. The molecule has 3 aromatic rings. The number of hydrogen-bond acceptors (Lipinski definition) is 7. The van der Waals surface area contributed by atoms with E-state index in [0.29, 0.717) is 33.8 Å². The van der Waals surface area contributed by atoms with Gasteiger partial charge in [-0.05, 0) is 60.0 Å². The van der Waals surface area contributed by atoms with Crippen molar-refractivity contribution in [3.05, 3.63) is 75.8 Å². The number of carbonyl (C=O) groups excluding carboxylic acids is 2. The van der Waals surface area contributed by atoms with Crippen LogP contribution >= 0.6 is 0 Å². The number of nitrogens with two attached hydrogens (primary N) is 2. The summed E-state index contributed by atoms with van der Waals surface area (Å²) in [6.07, 6.45) is 0. The second kappa shape index (κ2) is 8.83. The fraction of sp³-hybridized carbons (Fsp3) is 0.167. The first-order valence-corrected chi connectivity index (χ1v) is 10.4. The van der Waals surface area contributed by atoms with Crippen molar-refractivity contribution in [2.45, 2.75) is 18.9 Å². The lowest BCUT2D eigenvalue weighted by molar-refractivity contribution is -0.385. The van der Waals surface area contributed by atoms with Gasteiger partial charge in [0.25, 0.3) is 5.91 Å². The van der Waals surface area contributed by atoms with E-state index in [-0.39, 0.29) is 17.3 Å². The van der Waals surface area contributed by atoms with E-state index in [1.54, 1.807) is 55.5 Å². The molecule has 0 saturated carbocycles. The molecule has 2 unspecified atom stereocenters. The van der Waals surface area contributed by atoms with Gasteiger partial charge in [-0.1, -0.05) is 12.1 Å². The minimum atomic E-state index is -0.698. The number of amides is 2. The Labute approximate surface area is 195 Å². The van der Waals surface area contributed by atoms with Crippen LogP contribution in [0.2, 0.25) is 0 Å². The van der Waals surface area contributed by atoms with E-state index in [4.69, 9.17) is 16.2 Å². The van der Waals surface area contributed by atoms with E-state index in [9.17, 15) is 19.7 Å². The molecule has 2 atom stereocenters. The van der Waals surface area contributed by atoms with Gasteiger partial charge < -0.3 is 26.8 Å². The van der Waals surface area contributed by atoms with Gasteiger partial charge in [0.15, 0.2) is 5.75 Å². The Bertz CT molecular complexity index is 1320. The van der Waals surface area contributed by atoms with Gasteiger partial charge >= 0.3 is 5.69 Å². The van der Waals surface area contributed by atoms with Gasteiger partial charge in [-0.3, -0.25) is 19.7 Å². The molecule has 0 radical (unpaired) electrons. The van der Waals surface area contributed by atoms with Gasteiger partial charge in [-0.25, -0.2) is 0 Å². The van der Waals surface area contributed by atoms with Crippen molar-refractivity contribution in [1.82, 2.24) is 0 Å². The zero-order valence-electron chi connectivity index (χ0n) is 18.5. The molecule has 0 fully saturated rings. The summed E-state index contributed by atoms with van der Waals surface area (Å²) in [5.41, 5.74) is 15.4. The van der Waals surface area contributed by atoms with Crippen molar-refractivity contribution in [3.63, 3.8) is 0 Å². The number of nitro groups is 1. The van der Waals surface area contributed by atoms with Crippen LogP contribution in [0.1, 0.15) is 28.8 Å². The lowest BCUT2D eigenvalue weighted by Gasteiger charge is -2.19. The maximum Gasteiger partial charge on any atom is 0.310 e. The zero-order chi connectivity index (χ0) is 24.6. The molecule has 6 N–H and O–H groups in total. The third kappa shape index (κ3) is 4.14. The first kappa shape index (κ1) is 22.7. The number of rotatable bonds is 6. The summed E-state index contributed by atoms with van der Waals surface area (Å²) in [6.45, 7) is 1.70. The van der Waals surface area contributed by atoms with Crippen molar-refractivity contribution in [1.29, 1.82) is 0 Å². The molecule has 4 rings (SSSR count). The Kier molecular flexibility index (Phi) is 5.91. The van der Waals surface area contributed by atoms with Crippen molar-refractivity contribution in [3.8, 4) is 16.9 Å². The molecular formula is C24H23N5O5. The molecule has 1 aliphatic rings. The Balaban J connectivity index is 1.73. The van der Waals surface area contributed by atoms with Crippen molar-refractivity contribution in [2.75, 3.05) is 17.7 Å². The molecule has 174 valence electrons. The number of hydrogen-bond donors (Lipinski definition) is 4. The summed E-state index contributed by atoms with van der Waals surface area (Å²) in [5, 5.41) is 17.3. The van der Waals surface area contributed by atoms with Crippen LogP contribution in [0.5, 0.6) is 5.75 Å². The van der Waals surface area contributed by atoms with Crippen LogP contribution in [0.15, 0.2) is 54.6 Å². The highest BCUT2D eigenvalue weighted by molar-refractivity contribution is 6.12. The molecule has 0 saturated heterocycles. The predicted molar refractivity (Wildman–Crippen MR) is 128 cm³/mol. The van der Waals surface area contributed by atoms with Crippen LogP contribution < -0.4 is 26.8 Å². The Morgan fingerprint density at radius 3 is 2.35 bits per heavy atom. The summed E-state index contributed by atoms with van der Waals surface area (Å²) >= 11 is 0. The number of carbonyl (C=O) groups is 2. The summed E-state index contributed by atoms with van der Waals surface area (Å²) in [4.78, 5) is 35.5. The van der Waals surface area contributed by atoms with Gasteiger partial charge in [0.05, 0.1) is 40.6 Å². The maximum atomic E-state index is 12.9. The van der Waals surface area contributed by atoms with E-state index in [2.05, 4.69) is 10.6 Å². The highest BCUT2D eigenvalue weighted by Crippen LogP contribution is 2.38. The lowest BCUT2D eigenvalue weighted by Crippen LogP contribution is -2.35. The van der Waals surface area contributed by atoms with Crippen LogP contribution in [0.3, 0.4) is 0 Å². The molecule has 0 aliphatic carbocycles. The van der Waals surface area contributed by atoms with Gasteiger partial charge in [0, 0.05) is 12.1 Å². The van der Waals surface area contributed by atoms with Crippen LogP contribution in [-0.4, -0.2) is 29.9 Å². The van der Waals surface area contributed by atoms with E-state index in [1.807, 2.05) is 0 Å². The average molecular weight is 461 g/mol. The first-order valence-electron chi connectivity index (χ1n) is 10.4. The SMILES string of the molecule is COc1cc(-c2ccc3c(c2)Nc2ccc(C(C(N)=O)C(C)N)cc2NC3=O)ccc1[N+](=O)[O-]. The molecular weight excluding hydrogens is 438 g/mol. The number of nitrogens with one attached hydrogen (secondary N) is 2. The topological polar surface area (TPSA) is 163 Å². The van der Waals surface area contributed by atoms with Crippen LogP contribution in [0.25, 0.3) is 11.1 Å². The summed E-state index contributed by atoms with van der Waals surface area (Å²) in [7, 11) is 1.37. The molecule has 34 heavy (non-hydrogen) atoms. The van der Waals surface area contributed by atoms with Crippen molar-refractivity contribution >= 4 is 34.6 Å². The molecule has 2 amide bonds. The van der Waals surface area contributed by atoms with Crippen LogP contribution in [0.4, 0.5) is 22.7 Å². The van der Waals surface area contributed by atoms with Gasteiger partial charge in [0.2, 0.25) is 5.91 Å². The highest BCUT2D eigenvalue weighted by Gasteiger charge is 2.25. The summed E-state index contributed by atoms with van der Waals surface area (Å²) in [6, 6.07) is 14.5. The largest absolute Gasteiger partial charge is 0.490 e. The number of anilines is 3. The smallest absolute Gasteiger partial charge is 0.310 e. The van der Waals surface area contributed by atoms with Crippen LogP contribution in [-0.2, 0) is 4.79 Å². The Morgan fingerprint density at radius 2 is 1.71 bits per heavy atom. The molecule has 0 aromatic heterocycles. The second-order valence-electron chi connectivity index (χ2n) is 8.03. The molecule has 1 aliphatic heterocycles. The third-order valence-electron chi connectivity index (χ3n) is 5.73. The maximum absolute atomic E-state index is 12.9. The van der Waals surface area contributed by atoms with Crippen molar-refractivity contribution in [2.24, 2.45) is 11.5 Å². The van der Waals surface area contributed by atoms with Crippen LogP contribution in [0, 0.1) is 10.1 Å². The summed E-state index contributed by atoms with van der Waals surface area (Å²) in [5.74, 6) is -1.44. The monoisotopic (exact) mass is 461 g/mol. The molecule has 0 spiro atoms. The highest BCUT2D eigenvalue weighted by atomic mass is 16.6. The lowest BCUT2D eigenvalue weighted by atomic mass is 9.91. The predicted octanol–water partition coefficient (Wildman–Crippen LogP) is 3.50. The van der Waals surface area contributed by atoms with Gasteiger partial charge in [-0.2, -0.15) is 0 Å². The molecule has 1 heterocycles. The van der Waals surface area contributed by atoms with E-state index < -0.39 is 22.8 Å². The number of fused-ring (bicyclic) bond motifs is 2. The van der Waals surface area contributed by atoms with E-state index >= 15 is 0 Å². The number of nitrogens with zero attached hydrogens (tertiary/aromatic N) is 1. The number of nitro benzene ring substituents is 1. The number of methoxy groups -OCH3 is 1. The number of ether oxygens (including phenoxy) is 1. The van der Waals surface area contributed by atoms with Gasteiger partial charge in [0.1, 0.15) is 0 Å². The second-order valence-corrected chi connectivity index (χ2v) is 8.03. The molecule has 0 bridgehead atoms. The minimum absolute atomic E-state index is 0.135. The summed E-state index contributed by atoms with van der Waals surface area (Å²) < 4.78 is 5.17. The third-order valence-corrected chi connectivity index (χ3v) is 5.73. The quantitative estimate of drug-likeness (QED) is 0.322. The molecule has 10 heteroatoms. The standard InChI is InChI=1S/C24H23N5O5/c1-12(25)22(23(26)30)15-4-7-17-19(10-15)28-24(31)16-6-3-13(9-18(16)27-17)14-5-8-20(29(32)33)21(11-14)34-2/h3-12,22,27H,25H2,1-2H3,(H2,26,30)(H,28,31). The number of benzene rings is 3. The fourth-order valence-corrected chi connectivity index (χ4v) is 4.06. The van der Waals surface area contributed by atoms with Crippen molar-refractivity contribution < 1.29 is 19.2 Å². The molecule has 10 nitrogen and oxygen atoms in total. The zero-order valence-corrected chi connectivity index (χ0v) is 18.5. The average Bonchev–Trinajstić information content (AvgIpc) is 2.93. The minimum Gasteiger partial charge on any atom is -0.490 e. The Hall–Kier alpha value is -4.44.